The Morgan fingerprint density at radius 1 is 1.33 bits per heavy atom. The number of anilines is 1. The largest absolute Gasteiger partial charge is 0.493 e. The van der Waals surface area contributed by atoms with Gasteiger partial charge in [0.1, 0.15) is 6.33 Å². The average molecular weight is 344 g/mol. The van der Waals surface area contributed by atoms with Crippen LogP contribution in [0.4, 0.5) is 19.1 Å². The molecule has 0 aliphatic rings. The number of rotatable bonds is 7. The number of hydrogen-bond donors (Lipinski definition) is 2. The van der Waals surface area contributed by atoms with E-state index < -0.39 is 12.8 Å². The molecule has 1 heterocycles. The summed E-state index contributed by atoms with van der Waals surface area (Å²) in [5.74, 6) is 0.133. The van der Waals surface area contributed by atoms with Gasteiger partial charge in [-0.15, -0.1) is 0 Å². The molecule has 0 bridgehead atoms. The molecule has 0 spiro atoms. The second-order valence-corrected chi connectivity index (χ2v) is 4.77. The lowest BCUT2D eigenvalue weighted by Gasteiger charge is -2.13. The van der Waals surface area contributed by atoms with Crippen molar-refractivity contribution in [3.8, 4) is 11.5 Å². The quantitative estimate of drug-likeness (QED) is 0.805. The number of nitrogens with zero attached hydrogens (tertiary/aromatic N) is 2. The Morgan fingerprint density at radius 3 is 2.75 bits per heavy atom. The number of alkyl halides is 3. The van der Waals surface area contributed by atoms with E-state index in [2.05, 4.69) is 20.5 Å². The molecular weight excluding hydrogens is 329 g/mol. The first-order chi connectivity index (χ1) is 11.4. The highest BCUT2D eigenvalue weighted by molar-refractivity contribution is 5.88. The smallest absolute Gasteiger partial charge is 0.422 e. The molecule has 0 unspecified atom stereocenters. The molecule has 0 aliphatic heterocycles. The molecule has 0 fully saturated rings. The highest BCUT2D eigenvalue weighted by Crippen LogP contribution is 2.30. The summed E-state index contributed by atoms with van der Waals surface area (Å²) >= 11 is 0. The van der Waals surface area contributed by atoms with Gasteiger partial charge in [0.05, 0.1) is 7.11 Å². The molecule has 0 saturated heterocycles. The number of aryl methyl sites for hydroxylation is 1. The summed E-state index contributed by atoms with van der Waals surface area (Å²) in [6.07, 6.45) is -2.63. The van der Waals surface area contributed by atoms with E-state index in [0.29, 0.717) is 6.42 Å². The molecular formula is C14H15F3N4O3. The van der Waals surface area contributed by atoms with Crippen LogP contribution >= 0.6 is 0 Å². The van der Waals surface area contributed by atoms with Crippen LogP contribution < -0.4 is 14.8 Å². The maximum absolute atomic E-state index is 12.2. The molecule has 130 valence electrons. The second-order valence-electron chi connectivity index (χ2n) is 4.77. The SMILES string of the molecule is COc1cc(CCC(=O)Nc2ncn[nH]2)ccc1OCC(F)(F)F. The van der Waals surface area contributed by atoms with Gasteiger partial charge >= 0.3 is 6.18 Å². The fourth-order valence-electron chi connectivity index (χ4n) is 1.86. The summed E-state index contributed by atoms with van der Waals surface area (Å²) in [7, 11) is 1.33. The zero-order valence-corrected chi connectivity index (χ0v) is 12.7. The number of aromatic nitrogens is 3. The molecule has 1 aromatic carbocycles. The van der Waals surface area contributed by atoms with Crippen LogP contribution in [0.3, 0.4) is 0 Å². The minimum Gasteiger partial charge on any atom is -0.493 e. The molecule has 2 N–H and O–H groups in total. The van der Waals surface area contributed by atoms with Crippen molar-refractivity contribution < 1.29 is 27.4 Å². The minimum absolute atomic E-state index is 0.00955. The number of halogens is 3. The highest BCUT2D eigenvalue weighted by atomic mass is 19.4. The van der Waals surface area contributed by atoms with Crippen LogP contribution in [0.25, 0.3) is 0 Å². The van der Waals surface area contributed by atoms with Gasteiger partial charge in [0.25, 0.3) is 0 Å². The number of benzene rings is 1. The van der Waals surface area contributed by atoms with E-state index >= 15 is 0 Å². The number of carbonyl (C=O) groups excluding carboxylic acids is 1. The minimum atomic E-state index is -4.43. The van der Waals surface area contributed by atoms with Gasteiger partial charge in [0.15, 0.2) is 18.1 Å². The van der Waals surface area contributed by atoms with E-state index in [9.17, 15) is 18.0 Å². The van der Waals surface area contributed by atoms with Crippen LogP contribution in [0.1, 0.15) is 12.0 Å². The molecule has 2 aromatic rings. The predicted molar refractivity (Wildman–Crippen MR) is 77.9 cm³/mol. The molecule has 7 nitrogen and oxygen atoms in total. The second kappa shape index (κ2) is 7.66. The number of methoxy groups -OCH3 is 1. The molecule has 2 rings (SSSR count). The molecule has 24 heavy (non-hydrogen) atoms. The normalized spacial score (nSPS) is 11.2. The average Bonchev–Trinajstić information content (AvgIpc) is 3.03. The lowest BCUT2D eigenvalue weighted by molar-refractivity contribution is -0.153. The van der Waals surface area contributed by atoms with Gasteiger partial charge in [-0.3, -0.25) is 10.1 Å². The monoisotopic (exact) mass is 344 g/mol. The van der Waals surface area contributed by atoms with Gasteiger partial charge in [-0.1, -0.05) is 6.07 Å². The Balaban J connectivity index is 1.92. The summed E-state index contributed by atoms with van der Waals surface area (Å²) in [5, 5.41) is 8.62. The van der Waals surface area contributed by atoms with E-state index in [1.165, 1.54) is 25.6 Å². The number of nitrogens with one attached hydrogen (secondary N) is 2. The third kappa shape index (κ3) is 5.45. The van der Waals surface area contributed by atoms with Crippen LogP contribution in [0.2, 0.25) is 0 Å². The van der Waals surface area contributed by atoms with Crippen LogP contribution in [0.15, 0.2) is 24.5 Å². The van der Waals surface area contributed by atoms with E-state index in [1.54, 1.807) is 6.07 Å². The Morgan fingerprint density at radius 2 is 2.12 bits per heavy atom. The Bertz CT molecular complexity index is 674. The molecule has 0 aliphatic carbocycles. The first kappa shape index (κ1) is 17.6. The number of H-pyrrole nitrogens is 1. The maximum Gasteiger partial charge on any atom is 0.422 e. The van der Waals surface area contributed by atoms with Crippen LogP contribution in [0, 0.1) is 0 Å². The molecule has 10 heteroatoms. The van der Waals surface area contributed by atoms with Gasteiger partial charge in [-0.05, 0) is 24.1 Å². The Labute approximate surface area is 135 Å². The van der Waals surface area contributed by atoms with Crippen molar-refractivity contribution in [3.63, 3.8) is 0 Å². The van der Waals surface area contributed by atoms with Crippen molar-refractivity contribution in [1.29, 1.82) is 0 Å². The van der Waals surface area contributed by atoms with Crippen molar-refractivity contribution in [3.05, 3.63) is 30.1 Å². The van der Waals surface area contributed by atoms with Gasteiger partial charge in [-0.25, -0.2) is 5.10 Å². The van der Waals surface area contributed by atoms with Crippen LogP contribution in [-0.4, -0.2) is 41.0 Å². The molecule has 0 saturated carbocycles. The Kier molecular flexibility index (Phi) is 5.61. The zero-order chi connectivity index (χ0) is 17.6. The van der Waals surface area contributed by atoms with E-state index in [4.69, 9.17) is 9.47 Å². The number of carbonyl (C=O) groups is 1. The van der Waals surface area contributed by atoms with Gasteiger partial charge in [-0.2, -0.15) is 23.3 Å². The van der Waals surface area contributed by atoms with Crippen LogP contribution in [-0.2, 0) is 11.2 Å². The maximum atomic E-state index is 12.2. The first-order valence-electron chi connectivity index (χ1n) is 6.89. The van der Waals surface area contributed by atoms with E-state index in [-0.39, 0.29) is 29.8 Å². The third-order valence-electron chi connectivity index (χ3n) is 2.93. The lowest BCUT2D eigenvalue weighted by Crippen LogP contribution is -2.19. The first-order valence-corrected chi connectivity index (χ1v) is 6.89. The molecule has 1 amide bonds. The van der Waals surface area contributed by atoms with Crippen molar-refractivity contribution in [2.45, 2.75) is 19.0 Å². The summed E-state index contributed by atoms with van der Waals surface area (Å²) in [6.45, 7) is -1.40. The Hall–Kier alpha value is -2.78. The fraction of sp³-hybridized carbons (Fsp3) is 0.357. The zero-order valence-electron chi connectivity index (χ0n) is 12.7. The summed E-state index contributed by atoms with van der Waals surface area (Å²) in [6, 6.07) is 4.50. The third-order valence-corrected chi connectivity index (χ3v) is 2.93. The fourth-order valence-corrected chi connectivity index (χ4v) is 1.86. The van der Waals surface area contributed by atoms with Gasteiger partial charge < -0.3 is 9.47 Å². The van der Waals surface area contributed by atoms with Gasteiger partial charge in [0.2, 0.25) is 11.9 Å². The van der Waals surface area contributed by atoms with Crippen LogP contribution in [0.5, 0.6) is 11.5 Å². The summed E-state index contributed by atoms with van der Waals surface area (Å²) in [5.41, 5.74) is 0.721. The lowest BCUT2D eigenvalue weighted by atomic mass is 10.1. The molecule has 1 aromatic heterocycles. The predicted octanol–water partition coefficient (Wildman–Crippen LogP) is 2.33. The topological polar surface area (TPSA) is 89.1 Å². The van der Waals surface area contributed by atoms with Crippen molar-refractivity contribution in [2.75, 3.05) is 19.0 Å². The molecule has 0 radical (unpaired) electrons. The number of ether oxygens (including phenoxy) is 2. The highest BCUT2D eigenvalue weighted by Gasteiger charge is 2.29. The van der Waals surface area contributed by atoms with Gasteiger partial charge in [0, 0.05) is 6.42 Å². The van der Waals surface area contributed by atoms with Crippen molar-refractivity contribution >= 4 is 11.9 Å². The van der Waals surface area contributed by atoms with Crippen molar-refractivity contribution in [1.82, 2.24) is 15.2 Å². The number of amides is 1. The molecule has 0 atom stereocenters. The summed E-state index contributed by atoms with van der Waals surface area (Å²) < 4.78 is 46.3. The van der Waals surface area contributed by atoms with E-state index in [0.717, 1.165) is 5.56 Å². The number of aromatic amines is 1. The summed E-state index contributed by atoms with van der Waals surface area (Å²) in [4.78, 5) is 15.5. The van der Waals surface area contributed by atoms with E-state index in [1.807, 2.05) is 0 Å². The van der Waals surface area contributed by atoms with Crippen molar-refractivity contribution in [2.24, 2.45) is 0 Å². The number of hydrogen-bond acceptors (Lipinski definition) is 5. The standard InChI is InChI=1S/C14H15F3N4O3/c1-23-11-6-9(2-4-10(11)24-7-14(15,16)17)3-5-12(22)20-13-18-8-19-21-13/h2,4,6,8H,3,5,7H2,1H3,(H2,18,19,20,21,22).